The van der Waals surface area contributed by atoms with Crippen LogP contribution >= 0.6 is 0 Å². The molecular weight excluding hydrogens is 248 g/mol. The fourth-order valence-corrected chi connectivity index (χ4v) is 1.89. The standard InChI is InChI=1S/C16H22N4/c1-3-15(9-17)19-11-13-6-5-7-14(8-13)12-20-16(4-2)10-18/h5-8,15-16,19-20H,3-4,11-12H2,1-2H3/t15-,16-/m1/s1. The maximum atomic E-state index is 8.91. The van der Waals surface area contributed by atoms with Gasteiger partial charge in [-0.05, 0) is 24.0 Å². The Morgan fingerprint density at radius 1 is 0.950 bits per heavy atom. The van der Waals surface area contributed by atoms with Crippen LogP contribution in [0.15, 0.2) is 24.3 Å². The highest BCUT2D eigenvalue weighted by Gasteiger charge is 2.05. The summed E-state index contributed by atoms with van der Waals surface area (Å²) in [4.78, 5) is 0. The first-order valence-electron chi connectivity index (χ1n) is 7.07. The Morgan fingerprint density at radius 3 is 1.75 bits per heavy atom. The van der Waals surface area contributed by atoms with Gasteiger partial charge < -0.3 is 0 Å². The van der Waals surface area contributed by atoms with Gasteiger partial charge in [-0.3, -0.25) is 10.6 Å². The van der Waals surface area contributed by atoms with Crippen molar-refractivity contribution in [3.63, 3.8) is 0 Å². The lowest BCUT2D eigenvalue weighted by molar-refractivity contribution is 0.580. The summed E-state index contributed by atoms with van der Waals surface area (Å²) in [5, 5.41) is 24.2. The monoisotopic (exact) mass is 270 g/mol. The van der Waals surface area contributed by atoms with Crippen LogP contribution in [0.2, 0.25) is 0 Å². The van der Waals surface area contributed by atoms with Gasteiger partial charge in [-0.1, -0.05) is 38.1 Å². The van der Waals surface area contributed by atoms with Crippen LogP contribution in [0.1, 0.15) is 37.8 Å². The third-order valence-electron chi connectivity index (χ3n) is 3.22. The molecule has 1 aromatic rings. The highest BCUT2D eigenvalue weighted by Crippen LogP contribution is 2.06. The molecule has 0 bridgehead atoms. The van der Waals surface area contributed by atoms with E-state index < -0.39 is 0 Å². The van der Waals surface area contributed by atoms with E-state index in [1.165, 1.54) is 0 Å². The van der Waals surface area contributed by atoms with Crippen molar-refractivity contribution in [2.45, 2.75) is 51.9 Å². The number of hydrogen-bond acceptors (Lipinski definition) is 4. The Labute approximate surface area is 121 Å². The van der Waals surface area contributed by atoms with Crippen molar-refractivity contribution >= 4 is 0 Å². The maximum Gasteiger partial charge on any atom is 0.0952 e. The minimum absolute atomic E-state index is 0.0974. The Balaban J connectivity index is 2.54. The van der Waals surface area contributed by atoms with Gasteiger partial charge in [-0.25, -0.2) is 0 Å². The number of nitrogens with zero attached hydrogens (tertiary/aromatic N) is 2. The summed E-state index contributed by atoms with van der Waals surface area (Å²) >= 11 is 0. The number of nitrogens with one attached hydrogen (secondary N) is 2. The molecule has 0 aliphatic rings. The van der Waals surface area contributed by atoms with E-state index in [0.717, 1.165) is 24.0 Å². The SMILES string of the molecule is CC[C@H](C#N)NCc1cccc(CN[C@@H](C#N)CC)c1. The second kappa shape index (κ2) is 9.09. The van der Waals surface area contributed by atoms with E-state index in [9.17, 15) is 0 Å². The summed E-state index contributed by atoms with van der Waals surface area (Å²) < 4.78 is 0. The molecule has 2 N–H and O–H groups in total. The van der Waals surface area contributed by atoms with Crippen LogP contribution in [-0.2, 0) is 13.1 Å². The molecule has 4 nitrogen and oxygen atoms in total. The van der Waals surface area contributed by atoms with E-state index in [4.69, 9.17) is 10.5 Å². The van der Waals surface area contributed by atoms with Crippen LogP contribution in [-0.4, -0.2) is 12.1 Å². The second-order valence-electron chi connectivity index (χ2n) is 4.76. The lowest BCUT2D eigenvalue weighted by Crippen LogP contribution is -2.27. The number of hydrogen-bond donors (Lipinski definition) is 2. The van der Waals surface area contributed by atoms with Gasteiger partial charge in [0.15, 0.2) is 0 Å². The normalized spacial score (nSPS) is 13.2. The zero-order valence-corrected chi connectivity index (χ0v) is 12.2. The fraction of sp³-hybridized carbons (Fsp3) is 0.500. The Kier molecular flexibility index (Phi) is 7.35. The molecule has 0 amide bonds. The van der Waals surface area contributed by atoms with Crippen LogP contribution in [0.25, 0.3) is 0 Å². The van der Waals surface area contributed by atoms with Crippen LogP contribution in [0.4, 0.5) is 0 Å². The van der Waals surface area contributed by atoms with Crippen molar-refractivity contribution < 1.29 is 0 Å². The molecule has 2 atom stereocenters. The number of rotatable bonds is 8. The topological polar surface area (TPSA) is 71.6 Å². The average Bonchev–Trinajstić information content (AvgIpc) is 2.50. The summed E-state index contributed by atoms with van der Waals surface area (Å²) in [7, 11) is 0. The molecule has 0 fully saturated rings. The maximum absolute atomic E-state index is 8.91. The number of benzene rings is 1. The van der Waals surface area contributed by atoms with Gasteiger partial charge in [0.2, 0.25) is 0 Å². The van der Waals surface area contributed by atoms with Gasteiger partial charge in [0, 0.05) is 13.1 Å². The lowest BCUT2D eigenvalue weighted by atomic mass is 10.1. The summed E-state index contributed by atoms with van der Waals surface area (Å²) in [5.41, 5.74) is 2.31. The van der Waals surface area contributed by atoms with E-state index in [0.29, 0.717) is 13.1 Å². The van der Waals surface area contributed by atoms with E-state index in [1.807, 2.05) is 32.0 Å². The molecule has 1 aromatic carbocycles. The molecule has 4 heteroatoms. The Bertz CT molecular complexity index is 443. The first-order chi connectivity index (χ1) is 9.73. The van der Waals surface area contributed by atoms with E-state index in [-0.39, 0.29) is 12.1 Å². The Morgan fingerprint density at radius 2 is 1.40 bits per heavy atom. The van der Waals surface area contributed by atoms with E-state index in [2.05, 4.69) is 28.8 Å². The second-order valence-corrected chi connectivity index (χ2v) is 4.76. The quantitative estimate of drug-likeness (QED) is 0.761. The third-order valence-corrected chi connectivity index (χ3v) is 3.22. The van der Waals surface area contributed by atoms with Crippen LogP contribution in [0.5, 0.6) is 0 Å². The summed E-state index contributed by atoms with van der Waals surface area (Å²) in [6.45, 7) is 5.37. The predicted octanol–water partition coefficient (Wildman–Crippen LogP) is 2.47. The summed E-state index contributed by atoms with van der Waals surface area (Å²) in [5.74, 6) is 0. The minimum Gasteiger partial charge on any atom is -0.298 e. The molecule has 0 heterocycles. The zero-order chi connectivity index (χ0) is 14.8. The fourth-order valence-electron chi connectivity index (χ4n) is 1.89. The van der Waals surface area contributed by atoms with Crippen LogP contribution in [0.3, 0.4) is 0 Å². The third kappa shape index (κ3) is 5.40. The first kappa shape index (κ1) is 16.2. The van der Waals surface area contributed by atoms with Crippen molar-refractivity contribution in [1.82, 2.24) is 10.6 Å². The van der Waals surface area contributed by atoms with Crippen molar-refractivity contribution in [3.05, 3.63) is 35.4 Å². The first-order valence-corrected chi connectivity index (χ1v) is 7.07. The summed E-state index contributed by atoms with van der Waals surface area (Å²) in [6, 6.07) is 12.5. The molecule has 0 radical (unpaired) electrons. The molecule has 1 rings (SSSR count). The predicted molar refractivity (Wildman–Crippen MR) is 79.5 cm³/mol. The van der Waals surface area contributed by atoms with E-state index >= 15 is 0 Å². The highest BCUT2D eigenvalue weighted by molar-refractivity contribution is 5.23. The molecule has 20 heavy (non-hydrogen) atoms. The van der Waals surface area contributed by atoms with Gasteiger partial charge in [0.25, 0.3) is 0 Å². The highest BCUT2D eigenvalue weighted by atomic mass is 14.9. The van der Waals surface area contributed by atoms with Gasteiger partial charge in [0.05, 0.1) is 24.2 Å². The van der Waals surface area contributed by atoms with Crippen molar-refractivity contribution in [2.24, 2.45) is 0 Å². The minimum atomic E-state index is -0.0974. The van der Waals surface area contributed by atoms with Crippen LogP contribution in [0, 0.1) is 22.7 Å². The lowest BCUT2D eigenvalue weighted by Gasteiger charge is -2.12. The van der Waals surface area contributed by atoms with Gasteiger partial charge in [-0.2, -0.15) is 10.5 Å². The van der Waals surface area contributed by atoms with Gasteiger partial charge in [-0.15, -0.1) is 0 Å². The molecule has 0 aliphatic carbocycles. The van der Waals surface area contributed by atoms with Crippen LogP contribution < -0.4 is 10.6 Å². The zero-order valence-electron chi connectivity index (χ0n) is 12.2. The van der Waals surface area contributed by atoms with Crippen molar-refractivity contribution in [3.8, 4) is 12.1 Å². The molecule has 0 unspecified atom stereocenters. The molecule has 106 valence electrons. The van der Waals surface area contributed by atoms with Crippen molar-refractivity contribution in [1.29, 1.82) is 10.5 Å². The van der Waals surface area contributed by atoms with Gasteiger partial charge >= 0.3 is 0 Å². The average molecular weight is 270 g/mol. The van der Waals surface area contributed by atoms with Crippen molar-refractivity contribution in [2.75, 3.05) is 0 Å². The molecule has 0 spiro atoms. The molecule has 0 aliphatic heterocycles. The largest absolute Gasteiger partial charge is 0.298 e. The van der Waals surface area contributed by atoms with E-state index in [1.54, 1.807) is 0 Å². The van der Waals surface area contributed by atoms with Gasteiger partial charge in [0.1, 0.15) is 0 Å². The number of nitriles is 2. The molecule has 0 saturated carbocycles. The Hall–Kier alpha value is -1.88. The smallest absolute Gasteiger partial charge is 0.0952 e. The molecule has 0 aromatic heterocycles. The molecule has 0 saturated heterocycles. The summed E-state index contributed by atoms with van der Waals surface area (Å²) in [6.07, 6.45) is 1.61. The molecular formula is C16H22N4.